The van der Waals surface area contributed by atoms with Crippen molar-refractivity contribution in [3.05, 3.63) is 87.6 Å². The molecule has 2 aromatic heterocycles. The van der Waals surface area contributed by atoms with Crippen molar-refractivity contribution in [3.63, 3.8) is 0 Å². The number of carbonyl (C=O) groups is 1. The van der Waals surface area contributed by atoms with Gasteiger partial charge in [-0.2, -0.15) is 0 Å². The molecule has 0 radical (unpaired) electrons. The molecule has 0 saturated heterocycles. The van der Waals surface area contributed by atoms with E-state index in [1.165, 1.54) is 11.8 Å². The maximum absolute atomic E-state index is 13.3. The Morgan fingerprint density at radius 2 is 2.03 bits per heavy atom. The van der Waals surface area contributed by atoms with Crippen LogP contribution in [-0.2, 0) is 11.3 Å². The number of aryl methyl sites for hydroxylation is 1. The minimum Gasteiger partial charge on any atom is -0.467 e. The predicted molar refractivity (Wildman–Crippen MR) is 118 cm³/mol. The van der Waals surface area contributed by atoms with Gasteiger partial charge in [0, 0.05) is 5.02 Å². The van der Waals surface area contributed by atoms with Gasteiger partial charge in [0.05, 0.1) is 35.2 Å². The maximum Gasteiger partial charge on any atom is 0.266 e. The summed E-state index contributed by atoms with van der Waals surface area (Å²) in [6, 6.07) is 16.1. The van der Waals surface area contributed by atoms with Gasteiger partial charge in [0.25, 0.3) is 5.56 Å². The van der Waals surface area contributed by atoms with E-state index in [1.807, 2.05) is 31.2 Å². The van der Waals surface area contributed by atoms with Gasteiger partial charge in [0.1, 0.15) is 5.76 Å². The molecule has 1 N–H and O–H groups in total. The van der Waals surface area contributed by atoms with E-state index in [-0.39, 0.29) is 17.2 Å². The monoisotopic (exact) mass is 439 g/mol. The van der Waals surface area contributed by atoms with Crippen LogP contribution in [0.1, 0.15) is 11.3 Å². The van der Waals surface area contributed by atoms with Crippen LogP contribution in [0, 0.1) is 6.92 Å². The Morgan fingerprint density at radius 1 is 1.20 bits per heavy atom. The number of hydrogen-bond donors (Lipinski definition) is 1. The lowest BCUT2D eigenvalue weighted by Gasteiger charge is -2.15. The Kier molecular flexibility index (Phi) is 5.92. The van der Waals surface area contributed by atoms with Gasteiger partial charge in [-0.1, -0.05) is 41.6 Å². The van der Waals surface area contributed by atoms with Crippen molar-refractivity contribution in [3.8, 4) is 5.69 Å². The van der Waals surface area contributed by atoms with Crippen LogP contribution in [-0.4, -0.2) is 21.2 Å². The third kappa shape index (κ3) is 4.27. The van der Waals surface area contributed by atoms with Crippen molar-refractivity contribution in [2.24, 2.45) is 0 Å². The Balaban J connectivity index is 1.68. The third-order valence-electron chi connectivity index (χ3n) is 4.53. The number of para-hydroxylation sites is 1. The Hall–Kier alpha value is -3.03. The van der Waals surface area contributed by atoms with Crippen molar-refractivity contribution in [1.29, 1.82) is 0 Å². The first-order valence-electron chi connectivity index (χ1n) is 9.23. The van der Waals surface area contributed by atoms with E-state index >= 15 is 0 Å². The zero-order chi connectivity index (χ0) is 21.1. The second kappa shape index (κ2) is 8.77. The number of furan rings is 1. The number of carbonyl (C=O) groups excluding carboxylic acids is 1. The van der Waals surface area contributed by atoms with Crippen LogP contribution in [0.25, 0.3) is 16.6 Å². The van der Waals surface area contributed by atoms with Crippen LogP contribution in [0.3, 0.4) is 0 Å². The summed E-state index contributed by atoms with van der Waals surface area (Å²) in [5.74, 6) is 0.585. The molecule has 4 rings (SSSR count). The van der Waals surface area contributed by atoms with E-state index < -0.39 is 0 Å². The van der Waals surface area contributed by atoms with Crippen LogP contribution >= 0.6 is 23.4 Å². The van der Waals surface area contributed by atoms with E-state index in [0.717, 1.165) is 11.3 Å². The normalized spacial score (nSPS) is 11.0. The zero-order valence-corrected chi connectivity index (χ0v) is 17.7. The molecule has 30 heavy (non-hydrogen) atoms. The van der Waals surface area contributed by atoms with Crippen molar-refractivity contribution in [2.75, 3.05) is 5.75 Å². The molecule has 8 heteroatoms. The number of aromatic nitrogens is 2. The van der Waals surface area contributed by atoms with Gasteiger partial charge in [-0.15, -0.1) is 0 Å². The number of benzene rings is 2. The first-order valence-corrected chi connectivity index (χ1v) is 10.6. The quantitative estimate of drug-likeness (QED) is 0.357. The predicted octanol–water partition coefficient (Wildman–Crippen LogP) is 4.35. The lowest BCUT2D eigenvalue weighted by atomic mass is 10.2. The number of nitrogens with zero attached hydrogens (tertiary/aromatic N) is 2. The highest BCUT2D eigenvalue weighted by molar-refractivity contribution is 7.99. The molecule has 4 aromatic rings. The molecule has 0 aliphatic rings. The highest BCUT2D eigenvalue weighted by Gasteiger charge is 2.16. The van der Waals surface area contributed by atoms with E-state index in [0.29, 0.717) is 33.4 Å². The van der Waals surface area contributed by atoms with E-state index in [4.69, 9.17) is 16.0 Å². The Morgan fingerprint density at radius 3 is 2.80 bits per heavy atom. The molecule has 6 nitrogen and oxygen atoms in total. The highest BCUT2D eigenvalue weighted by Crippen LogP contribution is 2.24. The lowest BCUT2D eigenvalue weighted by molar-refractivity contribution is -0.118. The maximum atomic E-state index is 13.3. The summed E-state index contributed by atoms with van der Waals surface area (Å²) in [6.45, 7) is 2.23. The molecule has 0 saturated carbocycles. The molecule has 0 spiro atoms. The minimum absolute atomic E-state index is 0.102. The number of thioether (sulfide) groups is 1. The first-order chi connectivity index (χ1) is 14.5. The third-order valence-corrected chi connectivity index (χ3v) is 5.70. The van der Waals surface area contributed by atoms with Crippen molar-refractivity contribution >= 4 is 40.2 Å². The van der Waals surface area contributed by atoms with Gasteiger partial charge >= 0.3 is 0 Å². The largest absolute Gasteiger partial charge is 0.467 e. The van der Waals surface area contributed by atoms with Gasteiger partial charge in [-0.05, 0) is 48.9 Å². The fourth-order valence-corrected chi connectivity index (χ4v) is 4.04. The van der Waals surface area contributed by atoms with Gasteiger partial charge in [0.2, 0.25) is 5.91 Å². The molecule has 2 heterocycles. The number of fused-ring (bicyclic) bond motifs is 1. The fourth-order valence-electron chi connectivity index (χ4n) is 3.04. The standard InChI is InChI=1S/C22H18ClN3O3S/c1-14-5-2-3-7-19(14)26-21(28)17-9-8-15(23)11-18(17)25-22(26)30-13-20(27)24-12-16-6-4-10-29-16/h2-11H,12-13H2,1H3,(H,24,27). The Bertz CT molecular complexity index is 1270. The molecule has 152 valence electrons. The lowest BCUT2D eigenvalue weighted by Crippen LogP contribution is -2.26. The van der Waals surface area contributed by atoms with Crippen LogP contribution in [0.2, 0.25) is 5.02 Å². The number of halogens is 1. The summed E-state index contributed by atoms with van der Waals surface area (Å²) in [4.78, 5) is 30.3. The number of rotatable bonds is 6. The topological polar surface area (TPSA) is 77.1 Å². The molecule has 0 unspecified atom stereocenters. The number of hydrogen-bond acceptors (Lipinski definition) is 5. The summed E-state index contributed by atoms with van der Waals surface area (Å²) in [5, 5.41) is 4.19. The average Bonchev–Trinajstić information content (AvgIpc) is 3.25. The van der Waals surface area contributed by atoms with Crippen LogP contribution in [0.5, 0.6) is 0 Å². The molecular formula is C22H18ClN3O3S. The van der Waals surface area contributed by atoms with E-state index in [1.54, 1.807) is 41.2 Å². The van der Waals surface area contributed by atoms with Crippen LogP contribution in [0.4, 0.5) is 0 Å². The van der Waals surface area contributed by atoms with Crippen molar-refractivity contribution in [1.82, 2.24) is 14.9 Å². The fraction of sp³-hybridized carbons (Fsp3) is 0.136. The van der Waals surface area contributed by atoms with E-state index in [9.17, 15) is 9.59 Å². The van der Waals surface area contributed by atoms with Gasteiger partial charge < -0.3 is 9.73 Å². The average molecular weight is 440 g/mol. The summed E-state index contributed by atoms with van der Waals surface area (Å²) >= 11 is 7.29. The van der Waals surface area contributed by atoms with Crippen LogP contribution < -0.4 is 10.9 Å². The zero-order valence-electron chi connectivity index (χ0n) is 16.1. The van der Waals surface area contributed by atoms with E-state index in [2.05, 4.69) is 10.3 Å². The summed E-state index contributed by atoms with van der Waals surface area (Å²) < 4.78 is 6.77. The molecule has 0 atom stereocenters. The molecule has 0 fully saturated rings. The van der Waals surface area contributed by atoms with Gasteiger partial charge in [0.15, 0.2) is 5.16 Å². The van der Waals surface area contributed by atoms with Crippen LogP contribution in [0.15, 0.2) is 75.2 Å². The second-order valence-corrected chi connectivity index (χ2v) is 8.01. The molecular weight excluding hydrogens is 422 g/mol. The molecule has 0 aliphatic heterocycles. The molecule has 1 amide bonds. The smallest absolute Gasteiger partial charge is 0.266 e. The molecule has 0 aliphatic carbocycles. The minimum atomic E-state index is -0.204. The second-order valence-electron chi connectivity index (χ2n) is 6.63. The Labute approximate surface area is 181 Å². The molecule has 0 bridgehead atoms. The summed E-state index contributed by atoms with van der Waals surface area (Å²) in [5.41, 5.74) is 1.95. The van der Waals surface area contributed by atoms with Gasteiger partial charge in [-0.3, -0.25) is 14.2 Å². The number of amides is 1. The summed E-state index contributed by atoms with van der Waals surface area (Å²) in [7, 11) is 0. The molecule has 2 aromatic carbocycles. The van der Waals surface area contributed by atoms with Crippen molar-refractivity contribution in [2.45, 2.75) is 18.6 Å². The SMILES string of the molecule is Cc1ccccc1-n1c(SCC(=O)NCc2ccco2)nc2cc(Cl)ccc2c1=O. The highest BCUT2D eigenvalue weighted by atomic mass is 35.5. The van der Waals surface area contributed by atoms with Gasteiger partial charge in [-0.25, -0.2) is 4.98 Å². The summed E-state index contributed by atoms with van der Waals surface area (Å²) in [6.07, 6.45) is 1.56. The van der Waals surface area contributed by atoms with Crippen molar-refractivity contribution < 1.29 is 9.21 Å². The number of nitrogens with one attached hydrogen (secondary N) is 1. The first kappa shape index (κ1) is 20.3.